The standard InChI is InChI=1S/C11H14BrFN2O/c1-2-10(11(14)16)15-6-7-5-8(12)3-4-9(7)13/h3-5,10,15H,2,6H2,1H3,(H2,14,16). The number of carbonyl (C=O) groups excluding carboxylic acids is 1. The minimum absolute atomic E-state index is 0.284. The number of amides is 1. The third-order valence-corrected chi connectivity index (χ3v) is 2.79. The summed E-state index contributed by atoms with van der Waals surface area (Å²) in [6.45, 7) is 2.13. The minimum atomic E-state index is -0.419. The molecule has 0 aliphatic rings. The van der Waals surface area contributed by atoms with E-state index in [4.69, 9.17) is 5.73 Å². The van der Waals surface area contributed by atoms with Gasteiger partial charge in [-0.1, -0.05) is 22.9 Å². The molecule has 1 atom stereocenters. The van der Waals surface area contributed by atoms with Crippen molar-refractivity contribution in [3.63, 3.8) is 0 Å². The predicted molar refractivity (Wildman–Crippen MR) is 64.2 cm³/mol. The summed E-state index contributed by atoms with van der Waals surface area (Å²) in [5.74, 6) is -0.715. The lowest BCUT2D eigenvalue weighted by Gasteiger charge is -2.13. The van der Waals surface area contributed by atoms with Crippen LogP contribution in [0.25, 0.3) is 0 Å². The zero-order chi connectivity index (χ0) is 12.1. The highest BCUT2D eigenvalue weighted by Gasteiger charge is 2.12. The molecule has 5 heteroatoms. The number of hydrogen-bond donors (Lipinski definition) is 2. The second kappa shape index (κ2) is 5.96. The molecule has 1 unspecified atom stereocenters. The fraction of sp³-hybridized carbons (Fsp3) is 0.364. The van der Waals surface area contributed by atoms with Gasteiger partial charge < -0.3 is 11.1 Å². The molecule has 3 nitrogen and oxygen atoms in total. The van der Waals surface area contributed by atoms with Crippen LogP contribution in [0.3, 0.4) is 0 Å². The lowest BCUT2D eigenvalue weighted by Crippen LogP contribution is -2.40. The highest BCUT2D eigenvalue weighted by Crippen LogP contribution is 2.15. The maximum Gasteiger partial charge on any atom is 0.234 e. The monoisotopic (exact) mass is 288 g/mol. The molecule has 0 saturated heterocycles. The Labute approximate surface area is 102 Å². The molecule has 0 saturated carbocycles. The quantitative estimate of drug-likeness (QED) is 0.870. The fourth-order valence-electron chi connectivity index (χ4n) is 1.36. The van der Waals surface area contributed by atoms with Crippen molar-refractivity contribution in [1.82, 2.24) is 5.32 Å². The van der Waals surface area contributed by atoms with Gasteiger partial charge in [0, 0.05) is 16.6 Å². The minimum Gasteiger partial charge on any atom is -0.368 e. The summed E-state index contributed by atoms with van der Waals surface area (Å²) in [4.78, 5) is 11.0. The van der Waals surface area contributed by atoms with Gasteiger partial charge >= 0.3 is 0 Å². The van der Waals surface area contributed by atoms with Crippen molar-refractivity contribution >= 4 is 21.8 Å². The van der Waals surface area contributed by atoms with E-state index in [2.05, 4.69) is 21.2 Å². The van der Waals surface area contributed by atoms with Gasteiger partial charge in [-0.25, -0.2) is 4.39 Å². The van der Waals surface area contributed by atoms with E-state index in [1.807, 2.05) is 6.92 Å². The van der Waals surface area contributed by atoms with Crippen molar-refractivity contribution in [2.45, 2.75) is 25.9 Å². The van der Waals surface area contributed by atoms with Gasteiger partial charge in [0.25, 0.3) is 0 Å². The van der Waals surface area contributed by atoms with E-state index in [0.29, 0.717) is 12.0 Å². The van der Waals surface area contributed by atoms with E-state index < -0.39 is 11.9 Å². The molecule has 0 bridgehead atoms. The van der Waals surface area contributed by atoms with Gasteiger partial charge in [-0.3, -0.25) is 4.79 Å². The Hall–Kier alpha value is -0.940. The summed E-state index contributed by atoms with van der Waals surface area (Å²) in [5, 5.41) is 2.92. The number of nitrogens with two attached hydrogens (primary N) is 1. The van der Waals surface area contributed by atoms with Gasteiger partial charge in [0.1, 0.15) is 5.82 Å². The molecule has 0 spiro atoms. The van der Waals surface area contributed by atoms with Crippen LogP contribution in [0.4, 0.5) is 4.39 Å². The van der Waals surface area contributed by atoms with Crippen molar-refractivity contribution in [2.75, 3.05) is 0 Å². The molecular weight excluding hydrogens is 275 g/mol. The lowest BCUT2D eigenvalue weighted by molar-refractivity contribution is -0.120. The maximum atomic E-state index is 13.3. The van der Waals surface area contributed by atoms with Crippen LogP contribution in [0.2, 0.25) is 0 Å². The van der Waals surface area contributed by atoms with Gasteiger partial charge in [0.05, 0.1) is 6.04 Å². The number of carbonyl (C=O) groups is 1. The molecule has 1 aromatic rings. The third kappa shape index (κ3) is 3.57. The zero-order valence-corrected chi connectivity index (χ0v) is 10.6. The summed E-state index contributed by atoms with van der Waals surface area (Å²) in [6.07, 6.45) is 0.588. The zero-order valence-electron chi connectivity index (χ0n) is 8.97. The second-order valence-corrected chi connectivity index (χ2v) is 4.40. The Kier molecular flexibility index (Phi) is 4.89. The first-order valence-corrected chi connectivity index (χ1v) is 5.80. The van der Waals surface area contributed by atoms with E-state index in [-0.39, 0.29) is 12.4 Å². The van der Waals surface area contributed by atoms with Crippen LogP contribution in [0.1, 0.15) is 18.9 Å². The Morgan fingerprint density at radius 1 is 1.62 bits per heavy atom. The third-order valence-electron chi connectivity index (χ3n) is 2.30. The maximum absolute atomic E-state index is 13.3. The molecule has 3 N–H and O–H groups in total. The summed E-state index contributed by atoms with van der Waals surface area (Å²) < 4.78 is 14.2. The van der Waals surface area contributed by atoms with Gasteiger partial charge in [-0.05, 0) is 24.6 Å². The fourth-order valence-corrected chi connectivity index (χ4v) is 1.77. The largest absolute Gasteiger partial charge is 0.368 e. The smallest absolute Gasteiger partial charge is 0.234 e. The van der Waals surface area contributed by atoms with Crippen LogP contribution in [0.15, 0.2) is 22.7 Å². The molecule has 0 radical (unpaired) electrons. The van der Waals surface area contributed by atoms with E-state index in [1.165, 1.54) is 6.07 Å². The van der Waals surface area contributed by atoms with Crippen LogP contribution < -0.4 is 11.1 Å². The Balaban J connectivity index is 2.66. The summed E-state index contributed by atoms with van der Waals surface area (Å²) in [7, 11) is 0. The topological polar surface area (TPSA) is 55.1 Å². The number of benzene rings is 1. The van der Waals surface area contributed by atoms with Crippen LogP contribution in [-0.4, -0.2) is 11.9 Å². The van der Waals surface area contributed by atoms with Crippen molar-refractivity contribution in [3.05, 3.63) is 34.1 Å². The summed E-state index contributed by atoms with van der Waals surface area (Å²) in [5.41, 5.74) is 5.68. The van der Waals surface area contributed by atoms with Crippen LogP contribution in [-0.2, 0) is 11.3 Å². The van der Waals surface area contributed by atoms with E-state index in [1.54, 1.807) is 12.1 Å². The molecule has 0 aromatic heterocycles. The number of hydrogen-bond acceptors (Lipinski definition) is 2. The summed E-state index contributed by atoms with van der Waals surface area (Å²) in [6, 6.07) is 4.27. The molecule has 1 rings (SSSR count). The summed E-state index contributed by atoms with van der Waals surface area (Å²) >= 11 is 3.26. The molecule has 16 heavy (non-hydrogen) atoms. The molecule has 0 fully saturated rings. The number of rotatable bonds is 5. The van der Waals surface area contributed by atoms with Crippen LogP contribution in [0.5, 0.6) is 0 Å². The molecule has 1 amide bonds. The first kappa shape index (κ1) is 13.1. The molecule has 1 aromatic carbocycles. The van der Waals surface area contributed by atoms with Crippen LogP contribution >= 0.6 is 15.9 Å². The highest BCUT2D eigenvalue weighted by molar-refractivity contribution is 9.10. The number of nitrogens with one attached hydrogen (secondary N) is 1. The van der Waals surface area contributed by atoms with Gasteiger partial charge in [-0.15, -0.1) is 0 Å². The van der Waals surface area contributed by atoms with Gasteiger partial charge in [0.15, 0.2) is 0 Å². The first-order valence-electron chi connectivity index (χ1n) is 5.01. The second-order valence-electron chi connectivity index (χ2n) is 3.48. The Morgan fingerprint density at radius 2 is 2.31 bits per heavy atom. The number of primary amides is 1. The van der Waals surface area contributed by atoms with Crippen molar-refractivity contribution in [1.29, 1.82) is 0 Å². The normalized spacial score (nSPS) is 12.4. The average Bonchev–Trinajstić information content (AvgIpc) is 2.23. The van der Waals surface area contributed by atoms with E-state index in [9.17, 15) is 9.18 Å². The SMILES string of the molecule is CCC(NCc1cc(Br)ccc1F)C(N)=O. The van der Waals surface area contributed by atoms with Gasteiger partial charge in [0.2, 0.25) is 5.91 Å². The van der Waals surface area contributed by atoms with E-state index in [0.717, 1.165) is 4.47 Å². The molecule has 0 aliphatic heterocycles. The van der Waals surface area contributed by atoms with Crippen molar-refractivity contribution in [3.8, 4) is 0 Å². The van der Waals surface area contributed by atoms with Crippen LogP contribution in [0, 0.1) is 5.82 Å². The van der Waals surface area contributed by atoms with Crippen molar-refractivity contribution < 1.29 is 9.18 Å². The molecular formula is C11H14BrFN2O. The molecule has 0 heterocycles. The number of halogens is 2. The molecule has 88 valence electrons. The van der Waals surface area contributed by atoms with Gasteiger partial charge in [-0.2, -0.15) is 0 Å². The Bertz CT molecular complexity index is 384. The highest BCUT2D eigenvalue weighted by atomic mass is 79.9. The van der Waals surface area contributed by atoms with Crippen molar-refractivity contribution in [2.24, 2.45) is 5.73 Å². The molecule has 0 aliphatic carbocycles. The predicted octanol–water partition coefficient (Wildman–Crippen LogP) is 1.94. The Morgan fingerprint density at radius 3 is 2.88 bits per heavy atom. The average molecular weight is 289 g/mol. The lowest BCUT2D eigenvalue weighted by atomic mass is 10.1. The van der Waals surface area contributed by atoms with E-state index >= 15 is 0 Å². The first-order chi connectivity index (χ1) is 7.54.